The molecule has 1 aromatic heterocycles. The van der Waals surface area contributed by atoms with Crippen LogP contribution in [0.2, 0.25) is 0 Å². The van der Waals surface area contributed by atoms with E-state index < -0.39 is 11.9 Å². The van der Waals surface area contributed by atoms with Gasteiger partial charge in [-0.25, -0.2) is 0 Å². The van der Waals surface area contributed by atoms with Crippen LogP contribution in [0.5, 0.6) is 11.5 Å². The van der Waals surface area contributed by atoms with Crippen LogP contribution in [0.1, 0.15) is 17.8 Å². The number of nitrogens with zero attached hydrogens (tertiary/aromatic N) is 2. The molecule has 6 nitrogen and oxygen atoms in total. The van der Waals surface area contributed by atoms with Crippen molar-refractivity contribution in [1.29, 1.82) is 0 Å². The van der Waals surface area contributed by atoms with Crippen molar-refractivity contribution in [3.63, 3.8) is 0 Å². The average Bonchev–Trinajstić information content (AvgIpc) is 2.99. The molecule has 10 heteroatoms. The summed E-state index contributed by atoms with van der Waals surface area (Å²) >= 11 is 5.22. The van der Waals surface area contributed by atoms with Crippen LogP contribution < -0.4 is 20.1 Å². The topological polar surface area (TPSA) is 60.3 Å². The summed E-state index contributed by atoms with van der Waals surface area (Å²) in [7, 11) is 3.09. The molecule has 27 heavy (non-hydrogen) atoms. The molecule has 0 unspecified atom stereocenters. The zero-order valence-electron chi connectivity index (χ0n) is 15.2. The molecule has 0 aliphatic heterocycles. The Morgan fingerprint density at radius 3 is 2.48 bits per heavy atom. The van der Waals surface area contributed by atoms with Gasteiger partial charge in [0.15, 0.2) is 22.3 Å². The first-order chi connectivity index (χ1) is 12.7. The maximum Gasteiger partial charge on any atom is 0.435 e. The summed E-state index contributed by atoms with van der Waals surface area (Å²) in [5.74, 6) is 1.18. The Kier molecular flexibility index (Phi) is 6.89. The molecule has 0 aliphatic rings. The maximum absolute atomic E-state index is 12.7. The summed E-state index contributed by atoms with van der Waals surface area (Å²) in [6, 6.07) is 6.33. The second kappa shape index (κ2) is 8.94. The summed E-state index contributed by atoms with van der Waals surface area (Å²) in [5, 5.41) is 10.0. The van der Waals surface area contributed by atoms with E-state index in [1.807, 2.05) is 0 Å². The molecule has 2 N–H and O–H groups in total. The van der Waals surface area contributed by atoms with Gasteiger partial charge in [-0.15, -0.1) is 0 Å². The lowest BCUT2D eigenvalue weighted by atomic mass is 10.3. The minimum atomic E-state index is -4.43. The Labute approximate surface area is 160 Å². The molecule has 0 saturated carbocycles. The van der Waals surface area contributed by atoms with E-state index in [0.29, 0.717) is 41.8 Å². The molecule has 0 aliphatic carbocycles. The number of rotatable bonds is 7. The molecule has 0 bridgehead atoms. The molecule has 2 aromatic rings. The van der Waals surface area contributed by atoms with Crippen LogP contribution in [0, 0.1) is 6.92 Å². The Balaban J connectivity index is 1.81. The van der Waals surface area contributed by atoms with E-state index in [4.69, 9.17) is 21.7 Å². The minimum absolute atomic E-state index is 0.355. The van der Waals surface area contributed by atoms with E-state index in [-0.39, 0.29) is 0 Å². The van der Waals surface area contributed by atoms with Gasteiger partial charge in [0.05, 0.1) is 14.2 Å². The Bertz CT molecular complexity index is 793. The van der Waals surface area contributed by atoms with Gasteiger partial charge in [0.1, 0.15) is 0 Å². The van der Waals surface area contributed by atoms with Crippen LogP contribution in [0.15, 0.2) is 24.3 Å². The predicted molar refractivity (Wildman–Crippen MR) is 100 cm³/mol. The fourth-order valence-electron chi connectivity index (χ4n) is 2.40. The zero-order chi connectivity index (χ0) is 20.0. The SMILES string of the molecule is COc1ccc(NC(=S)NCCCn2nc(C(F)(F)F)cc2C)cc1OC. The highest BCUT2D eigenvalue weighted by Gasteiger charge is 2.34. The predicted octanol–water partition coefficient (Wildman–Crippen LogP) is 3.60. The van der Waals surface area contributed by atoms with Crippen molar-refractivity contribution in [3.8, 4) is 11.5 Å². The van der Waals surface area contributed by atoms with Crippen molar-refractivity contribution in [2.75, 3.05) is 26.1 Å². The van der Waals surface area contributed by atoms with Crippen molar-refractivity contribution in [2.45, 2.75) is 26.1 Å². The van der Waals surface area contributed by atoms with E-state index in [2.05, 4.69) is 15.7 Å². The summed E-state index contributed by atoms with van der Waals surface area (Å²) in [6.07, 6.45) is -3.87. The Morgan fingerprint density at radius 2 is 1.89 bits per heavy atom. The van der Waals surface area contributed by atoms with Crippen LogP contribution in [0.4, 0.5) is 18.9 Å². The molecule has 0 atom stereocenters. The van der Waals surface area contributed by atoms with Crippen molar-refractivity contribution in [2.24, 2.45) is 0 Å². The number of aryl methyl sites for hydroxylation is 2. The molecule has 1 heterocycles. The largest absolute Gasteiger partial charge is 0.493 e. The Hall–Kier alpha value is -2.49. The maximum atomic E-state index is 12.7. The first kappa shape index (κ1) is 20.8. The smallest absolute Gasteiger partial charge is 0.435 e. The standard InChI is InChI=1S/C17H21F3N4O2S/c1-11-9-15(17(18,19)20)23-24(11)8-4-7-21-16(27)22-12-5-6-13(25-2)14(10-12)26-3/h5-6,9-10H,4,7-8H2,1-3H3,(H2,21,22,27). The highest BCUT2D eigenvalue weighted by Crippen LogP contribution is 2.30. The second-order valence-electron chi connectivity index (χ2n) is 5.70. The van der Waals surface area contributed by atoms with Crippen LogP contribution in [0.25, 0.3) is 0 Å². The van der Waals surface area contributed by atoms with E-state index >= 15 is 0 Å². The first-order valence-corrected chi connectivity index (χ1v) is 8.54. The quantitative estimate of drug-likeness (QED) is 0.545. The van der Waals surface area contributed by atoms with Gasteiger partial charge in [-0.1, -0.05) is 0 Å². The number of nitrogens with one attached hydrogen (secondary N) is 2. The summed E-state index contributed by atoms with van der Waals surface area (Å²) < 4.78 is 49.7. The molecule has 0 radical (unpaired) electrons. The fourth-order valence-corrected chi connectivity index (χ4v) is 2.61. The van der Waals surface area contributed by atoms with Crippen LogP contribution >= 0.6 is 12.2 Å². The highest BCUT2D eigenvalue weighted by molar-refractivity contribution is 7.80. The summed E-state index contributed by atoms with van der Waals surface area (Å²) in [6.45, 7) is 2.44. The number of anilines is 1. The average molecular weight is 402 g/mol. The summed E-state index contributed by atoms with van der Waals surface area (Å²) in [4.78, 5) is 0. The van der Waals surface area contributed by atoms with Crippen LogP contribution in [0.3, 0.4) is 0 Å². The van der Waals surface area contributed by atoms with Gasteiger partial charge < -0.3 is 20.1 Å². The van der Waals surface area contributed by atoms with Gasteiger partial charge in [0, 0.05) is 30.5 Å². The number of halogens is 3. The number of hydrogen-bond acceptors (Lipinski definition) is 4. The van der Waals surface area contributed by atoms with Gasteiger partial charge in [-0.2, -0.15) is 18.3 Å². The number of ether oxygens (including phenoxy) is 2. The number of benzene rings is 1. The molecule has 0 fully saturated rings. The third kappa shape index (κ3) is 5.75. The number of methoxy groups -OCH3 is 2. The number of thiocarbonyl (C=S) groups is 1. The van der Waals surface area contributed by atoms with E-state index in [9.17, 15) is 13.2 Å². The molecular formula is C17H21F3N4O2S. The van der Waals surface area contributed by atoms with Gasteiger partial charge >= 0.3 is 6.18 Å². The monoisotopic (exact) mass is 402 g/mol. The molecular weight excluding hydrogens is 381 g/mol. The zero-order valence-corrected chi connectivity index (χ0v) is 16.0. The van der Waals surface area contributed by atoms with Crippen molar-refractivity contribution >= 4 is 23.0 Å². The van der Waals surface area contributed by atoms with E-state index in [1.165, 1.54) is 4.68 Å². The van der Waals surface area contributed by atoms with Gasteiger partial charge in [0.25, 0.3) is 0 Å². The molecule has 148 valence electrons. The van der Waals surface area contributed by atoms with Crippen molar-refractivity contribution in [3.05, 3.63) is 35.7 Å². The summed E-state index contributed by atoms with van der Waals surface area (Å²) in [5.41, 5.74) is 0.315. The molecule has 1 aromatic carbocycles. The van der Waals surface area contributed by atoms with Crippen LogP contribution in [-0.4, -0.2) is 35.7 Å². The minimum Gasteiger partial charge on any atom is -0.493 e. The van der Waals surface area contributed by atoms with Crippen molar-refractivity contribution in [1.82, 2.24) is 15.1 Å². The molecule has 2 rings (SSSR count). The third-order valence-corrected chi connectivity index (χ3v) is 3.99. The molecule has 0 amide bonds. The van der Waals surface area contributed by atoms with E-state index in [1.54, 1.807) is 39.3 Å². The first-order valence-electron chi connectivity index (χ1n) is 8.13. The van der Waals surface area contributed by atoms with Crippen LogP contribution in [-0.2, 0) is 12.7 Å². The number of hydrogen-bond donors (Lipinski definition) is 2. The van der Waals surface area contributed by atoms with Gasteiger partial charge in [0.2, 0.25) is 0 Å². The van der Waals surface area contributed by atoms with E-state index in [0.717, 1.165) is 11.8 Å². The Morgan fingerprint density at radius 1 is 1.19 bits per heavy atom. The molecule has 0 saturated heterocycles. The second-order valence-corrected chi connectivity index (χ2v) is 6.10. The fraction of sp³-hybridized carbons (Fsp3) is 0.412. The third-order valence-electron chi connectivity index (χ3n) is 3.75. The number of alkyl halides is 3. The van der Waals surface area contributed by atoms with Gasteiger partial charge in [-0.05, 0) is 43.8 Å². The van der Waals surface area contributed by atoms with Gasteiger partial charge in [-0.3, -0.25) is 4.68 Å². The lowest BCUT2D eigenvalue weighted by Gasteiger charge is -2.13. The normalized spacial score (nSPS) is 11.2. The highest BCUT2D eigenvalue weighted by atomic mass is 32.1. The lowest BCUT2D eigenvalue weighted by Crippen LogP contribution is -2.29. The number of aromatic nitrogens is 2. The molecule has 0 spiro atoms. The van der Waals surface area contributed by atoms with Crippen molar-refractivity contribution < 1.29 is 22.6 Å². The lowest BCUT2D eigenvalue weighted by molar-refractivity contribution is -0.141.